The highest BCUT2D eigenvalue weighted by molar-refractivity contribution is 6.05. The largest absolute Gasteiger partial charge is 0.456 e. The lowest BCUT2D eigenvalue weighted by Gasteiger charge is -2.18. The normalized spacial score (nSPS) is 16.6. The van der Waals surface area contributed by atoms with Crippen LogP contribution in [0.1, 0.15) is 37.8 Å². The maximum Gasteiger partial charge on any atom is 0.135 e. The van der Waals surface area contributed by atoms with Crippen LogP contribution in [0.3, 0.4) is 0 Å². The van der Waals surface area contributed by atoms with Crippen molar-refractivity contribution in [3.05, 3.63) is 48.0 Å². The lowest BCUT2D eigenvalue weighted by Crippen LogP contribution is -2.23. The third-order valence-electron chi connectivity index (χ3n) is 4.47. The van der Waals surface area contributed by atoms with Crippen molar-refractivity contribution in [1.82, 2.24) is 5.32 Å². The van der Waals surface area contributed by atoms with E-state index in [0.717, 1.165) is 23.6 Å². The maximum absolute atomic E-state index is 5.92. The minimum Gasteiger partial charge on any atom is -0.456 e. The Morgan fingerprint density at radius 1 is 1.10 bits per heavy atom. The van der Waals surface area contributed by atoms with Crippen molar-refractivity contribution in [2.75, 3.05) is 6.54 Å². The van der Waals surface area contributed by atoms with Crippen molar-refractivity contribution in [3.63, 3.8) is 0 Å². The minimum absolute atomic E-state index is 0.503. The molecule has 1 unspecified atom stereocenters. The molecule has 0 amide bonds. The number of hydrogen-bond donors (Lipinski definition) is 1. The molecule has 1 aliphatic rings. The van der Waals surface area contributed by atoms with Gasteiger partial charge >= 0.3 is 0 Å². The van der Waals surface area contributed by atoms with Crippen molar-refractivity contribution in [1.29, 1.82) is 0 Å². The molecular weight excluding hydrogens is 258 g/mol. The molecule has 1 N–H and O–H groups in total. The van der Waals surface area contributed by atoms with Gasteiger partial charge in [-0.1, -0.05) is 31.2 Å². The Hall–Kier alpha value is -1.80. The monoisotopic (exact) mass is 279 g/mol. The van der Waals surface area contributed by atoms with Crippen LogP contribution >= 0.6 is 0 Å². The van der Waals surface area contributed by atoms with E-state index < -0.39 is 0 Å². The zero-order valence-electron chi connectivity index (χ0n) is 12.4. The molecule has 2 aromatic carbocycles. The quantitative estimate of drug-likeness (QED) is 0.708. The molecule has 1 aliphatic carbocycles. The summed E-state index contributed by atoms with van der Waals surface area (Å²) in [7, 11) is 0. The number of para-hydroxylation sites is 1. The van der Waals surface area contributed by atoms with Crippen LogP contribution in [0.5, 0.6) is 0 Å². The third kappa shape index (κ3) is 2.34. The number of fused-ring (bicyclic) bond motifs is 3. The van der Waals surface area contributed by atoms with Gasteiger partial charge in [0, 0.05) is 16.8 Å². The van der Waals surface area contributed by atoms with Gasteiger partial charge < -0.3 is 9.73 Å². The van der Waals surface area contributed by atoms with E-state index in [-0.39, 0.29) is 0 Å². The second-order valence-electron chi connectivity index (χ2n) is 6.12. The average molecular weight is 279 g/mol. The van der Waals surface area contributed by atoms with E-state index in [2.05, 4.69) is 42.6 Å². The van der Waals surface area contributed by atoms with E-state index in [9.17, 15) is 0 Å². The van der Waals surface area contributed by atoms with Gasteiger partial charge in [0.2, 0.25) is 0 Å². The molecule has 0 aliphatic heterocycles. The molecule has 0 spiro atoms. The summed E-state index contributed by atoms with van der Waals surface area (Å²) in [5, 5.41) is 6.19. The molecule has 21 heavy (non-hydrogen) atoms. The SMILES string of the molecule is CCCNC(c1ccc2oc3ccccc3c2c1)C1CC1. The fraction of sp³-hybridized carbons (Fsp3) is 0.368. The molecule has 0 radical (unpaired) electrons. The molecule has 2 heteroatoms. The lowest BCUT2D eigenvalue weighted by molar-refractivity contribution is 0.481. The van der Waals surface area contributed by atoms with Gasteiger partial charge in [-0.15, -0.1) is 0 Å². The fourth-order valence-electron chi connectivity index (χ4n) is 3.22. The molecule has 1 heterocycles. The standard InChI is InChI=1S/C19H21NO/c1-2-11-20-19(13-7-8-13)14-9-10-18-16(12-14)15-5-3-4-6-17(15)21-18/h3-6,9-10,12-13,19-20H,2,7-8,11H2,1H3. The van der Waals surface area contributed by atoms with Gasteiger partial charge in [0.15, 0.2) is 0 Å². The first-order valence-corrected chi connectivity index (χ1v) is 8.01. The molecule has 0 saturated heterocycles. The first-order chi connectivity index (χ1) is 10.4. The number of nitrogens with one attached hydrogen (secondary N) is 1. The second-order valence-corrected chi connectivity index (χ2v) is 6.12. The van der Waals surface area contributed by atoms with Gasteiger partial charge in [0.25, 0.3) is 0 Å². The van der Waals surface area contributed by atoms with Crippen molar-refractivity contribution < 1.29 is 4.42 Å². The Kier molecular flexibility index (Phi) is 3.19. The van der Waals surface area contributed by atoms with Gasteiger partial charge in [-0.3, -0.25) is 0 Å². The predicted molar refractivity (Wildman–Crippen MR) is 87.5 cm³/mol. The minimum atomic E-state index is 0.503. The summed E-state index contributed by atoms with van der Waals surface area (Å²) in [5.41, 5.74) is 3.38. The molecule has 108 valence electrons. The Morgan fingerprint density at radius 3 is 2.71 bits per heavy atom. The third-order valence-corrected chi connectivity index (χ3v) is 4.47. The fourth-order valence-corrected chi connectivity index (χ4v) is 3.22. The molecule has 1 aromatic heterocycles. The van der Waals surface area contributed by atoms with Crippen molar-refractivity contribution in [2.45, 2.75) is 32.2 Å². The highest BCUT2D eigenvalue weighted by Gasteiger charge is 2.32. The van der Waals surface area contributed by atoms with Crippen LogP contribution in [-0.2, 0) is 0 Å². The van der Waals surface area contributed by atoms with E-state index in [1.165, 1.54) is 35.6 Å². The molecule has 0 bridgehead atoms. The second kappa shape index (κ2) is 5.19. The van der Waals surface area contributed by atoms with E-state index in [1.54, 1.807) is 0 Å². The van der Waals surface area contributed by atoms with Crippen LogP contribution in [0, 0.1) is 5.92 Å². The van der Waals surface area contributed by atoms with E-state index in [0.29, 0.717) is 6.04 Å². The molecule has 1 saturated carbocycles. The Labute approximate surface area is 125 Å². The number of furan rings is 1. The van der Waals surface area contributed by atoms with Crippen LogP contribution in [0.2, 0.25) is 0 Å². The average Bonchev–Trinajstić information content (AvgIpc) is 3.28. The van der Waals surface area contributed by atoms with Crippen LogP contribution < -0.4 is 5.32 Å². The Bertz CT molecular complexity index is 769. The van der Waals surface area contributed by atoms with E-state index in [1.807, 2.05) is 12.1 Å². The van der Waals surface area contributed by atoms with Crippen molar-refractivity contribution in [3.8, 4) is 0 Å². The molecule has 2 nitrogen and oxygen atoms in total. The molecule has 4 rings (SSSR count). The molecular formula is C19H21NO. The van der Waals surface area contributed by atoms with Crippen molar-refractivity contribution in [2.24, 2.45) is 5.92 Å². The zero-order chi connectivity index (χ0) is 14.2. The summed E-state index contributed by atoms with van der Waals surface area (Å²) in [6.07, 6.45) is 3.89. The Morgan fingerprint density at radius 2 is 1.90 bits per heavy atom. The summed E-state index contributed by atoms with van der Waals surface area (Å²) < 4.78 is 5.92. The van der Waals surface area contributed by atoms with Gasteiger partial charge in [-0.2, -0.15) is 0 Å². The van der Waals surface area contributed by atoms with E-state index >= 15 is 0 Å². The predicted octanol–water partition coefficient (Wildman–Crippen LogP) is 5.04. The highest BCUT2D eigenvalue weighted by atomic mass is 16.3. The topological polar surface area (TPSA) is 25.2 Å². The lowest BCUT2D eigenvalue weighted by atomic mass is 10.00. The highest BCUT2D eigenvalue weighted by Crippen LogP contribution is 2.42. The molecule has 1 atom stereocenters. The zero-order valence-corrected chi connectivity index (χ0v) is 12.4. The number of hydrogen-bond acceptors (Lipinski definition) is 2. The number of rotatable bonds is 5. The van der Waals surface area contributed by atoms with Crippen molar-refractivity contribution >= 4 is 21.9 Å². The van der Waals surface area contributed by atoms with E-state index in [4.69, 9.17) is 4.42 Å². The molecule has 1 fully saturated rings. The summed E-state index contributed by atoms with van der Waals surface area (Å²) in [6.45, 7) is 3.31. The smallest absolute Gasteiger partial charge is 0.135 e. The van der Waals surface area contributed by atoms with Gasteiger partial charge in [-0.25, -0.2) is 0 Å². The van der Waals surface area contributed by atoms with Gasteiger partial charge in [0.1, 0.15) is 11.2 Å². The van der Waals surface area contributed by atoms with Gasteiger partial charge in [-0.05, 0) is 55.5 Å². The van der Waals surface area contributed by atoms with Gasteiger partial charge in [0.05, 0.1) is 0 Å². The summed E-state index contributed by atoms with van der Waals surface area (Å²) in [6, 6.07) is 15.5. The summed E-state index contributed by atoms with van der Waals surface area (Å²) in [4.78, 5) is 0. The maximum atomic E-state index is 5.92. The molecule has 3 aromatic rings. The van der Waals surface area contributed by atoms with Crippen LogP contribution in [0.15, 0.2) is 46.9 Å². The van der Waals surface area contributed by atoms with Crippen LogP contribution in [-0.4, -0.2) is 6.54 Å². The summed E-state index contributed by atoms with van der Waals surface area (Å²) in [5.74, 6) is 0.812. The van der Waals surface area contributed by atoms with Crippen LogP contribution in [0.4, 0.5) is 0 Å². The summed E-state index contributed by atoms with van der Waals surface area (Å²) >= 11 is 0. The number of benzene rings is 2. The Balaban J connectivity index is 1.79. The van der Waals surface area contributed by atoms with Crippen LogP contribution in [0.25, 0.3) is 21.9 Å². The first kappa shape index (κ1) is 12.9. The first-order valence-electron chi connectivity index (χ1n) is 8.01.